The van der Waals surface area contributed by atoms with Crippen molar-refractivity contribution in [1.29, 1.82) is 0 Å². The number of nitrogens with one attached hydrogen (secondary N) is 2. The Kier molecular flexibility index (Phi) is 7.51. The van der Waals surface area contributed by atoms with Gasteiger partial charge < -0.3 is 10.2 Å². The summed E-state index contributed by atoms with van der Waals surface area (Å²) in [6, 6.07) is 7.66. The third-order valence-electron chi connectivity index (χ3n) is 3.15. The maximum atomic E-state index is 11.4. The summed E-state index contributed by atoms with van der Waals surface area (Å²) in [6.45, 7) is 7.22. The standard InChI is InChI=1S/C16H27ClN4O2S/c1-6-18-15(19-12-16(2,3)20-24(5,22)23)21(4)11-13-9-7-8-10-14(13)17/h7-10,20H,6,11-12H2,1-5H3,(H,18,19). The maximum Gasteiger partial charge on any atom is 0.209 e. The van der Waals surface area contributed by atoms with E-state index in [0.29, 0.717) is 30.6 Å². The lowest BCUT2D eigenvalue weighted by molar-refractivity contribution is 0.446. The Morgan fingerprint density at radius 3 is 2.50 bits per heavy atom. The molecule has 0 aliphatic heterocycles. The van der Waals surface area contributed by atoms with E-state index in [0.717, 1.165) is 11.8 Å². The number of hydrogen-bond acceptors (Lipinski definition) is 3. The van der Waals surface area contributed by atoms with Gasteiger partial charge in [-0.2, -0.15) is 0 Å². The normalized spacial score (nSPS) is 13.0. The van der Waals surface area contributed by atoms with Crippen LogP contribution in [0.1, 0.15) is 26.3 Å². The summed E-state index contributed by atoms with van der Waals surface area (Å²) >= 11 is 6.21. The molecule has 0 aliphatic carbocycles. The number of sulfonamides is 1. The molecule has 0 fully saturated rings. The molecule has 0 aromatic heterocycles. The van der Waals surface area contributed by atoms with E-state index in [9.17, 15) is 8.42 Å². The van der Waals surface area contributed by atoms with Gasteiger partial charge in [-0.1, -0.05) is 29.8 Å². The van der Waals surface area contributed by atoms with Crippen LogP contribution in [0.15, 0.2) is 29.3 Å². The van der Waals surface area contributed by atoms with Gasteiger partial charge >= 0.3 is 0 Å². The van der Waals surface area contributed by atoms with Crippen LogP contribution in [-0.4, -0.2) is 51.2 Å². The fraction of sp³-hybridized carbons (Fsp3) is 0.562. The molecule has 0 unspecified atom stereocenters. The molecule has 0 radical (unpaired) electrons. The number of rotatable bonds is 7. The van der Waals surface area contributed by atoms with Crippen LogP contribution in [0.2, 0.25) is 5.02 Å². The summed E-state index contributed by atoms with van der Waals surface area (Å²) in [7, 11) is -1.37. The van der Waals surface area contributed by atoms with Crippen LogP contribution in [0, 0.1) is 0 Å². The summed E-state index contributed by atoms with van der Waals surface area (Å²) in [5.41, 5.74) is 0.334. The molecule has 0 saturated carbocycles. The van der Waals surface area contributed by atoms with Gasteiger partial charge in [0.15, 0.2) is 5.96 Å². The molecular weight excluding hydrogens is 348 g/mol. The van der Waals surface area contributed by atoms with E-state index in [1.54, 1.807) is 13.8 Å². The Bertz CT molecular complexity index is 674. The molecule has 0 aliphatic rings. The van der Waals surface area contributed by atoms with Crippen LogP contribution < -0.4 is 10.0 Å². The monoisotopic (exact) mass is 374 g/mol. The van der Waals surface area contributed by atoms with Crippen LogP contribution in [0.5, 0.6) is 0 Å². The molecule has 0 atom stereocenters. The molecule has 0 heterocycles. The van der Waals surface area contributed by atoms with E-state index in [1.807, 2.05) is 43.1 Å². The van der Waals surface area contributed by atoms with Crippen LogP contribution in [0.3, 0.4) is 0 Å². The van der Waals surface area contributed by atoms with Crippen LogP contribution in [-0.2, 0) is 16.6 Å². The number of halogens is 1. The molecule has 8 heteroatoms. The molecule has 0 saturated heterocycles. The SMILES string of the molecule is CCNC(=NCC(C)(C)NS(C)(=O)=O)N(C)Cc1ccccc1Cl. The minimum Gasteiger partial charge on any atom is -0.357 e. The second-order valence-corrected chi connectivity index (χ2v) is 8.53. The minimum absolute atomic E-state index is 0.315. The van der Waals surface area contributed by atoms with Gasteiger partial charge in [-0.15, -0.1) is 0 Å². The molecule has 6 nitrogen and oxygen atoms in total. The Morgan fingerprint density at radius 1 is 1.33 bits per heavy atom. The number of hydrogen-bond donors (Lipinski definition) is 2. The average Bonchev–Trinajstić information content (AvgIpc) is 2.43. The lowest BCUT2D eigenvalue weighted by atomic mass is 10.1. The largest absolute Gasteiger partial charge is 0.357 e. The Hall–Kier alpha value is -1.31. The van der Waals surface area contributed by atoms with Crippen molar-refractivity contribution in [2.45, 2.75) is 32.9 Å². The molecule has 1 aromatic carbocycles. The van der Waals surface area contributed by atoms with Crippen LogP contribution in [0.25, 0.3) is 0 Å². The van der Waals surface area contributed by atoms with E-state index in [2.05, 4.69) is 15.0 Å². The first-order valence-electron chi connectivity index (χ1n) is 7.76. The van der Waals surface area contributed by atoms with E-state index < -0.39 is 15.6 Å². The van der Waals surface area contributed by atoms with Gasteiger partial charge in [-0.05, 0) is 32.4 Å². The minimum atomic E-state index is -3.29. The van der Waals surface area contributed by atoms with Crippen molar-refractivity contribution in [2.24, 2.45) is 4.99 Å². The van der Waals surface area contributed by atoms with Gasteiger partial charge in [-0.3, -0.25) is 4.99 Å². The highest BCUT2D eigenvalue weighted by Crippen LogP contribution is 2.16. The molecule has 0 amide bonds. The Morgan fingerprint density at radius 2 is 1.96 bits per heavy atom. The first-order chi connectivity index (χ1) is 11.0. The fourth-order valence-corrected chi connectivity index (χ4v) is 3.50. The smallest absolute Gasteiger partial charge is 0.209 e. The highest BCUT2D eigenvalue weighted by atomic mass is 35.5. The lowest BCUT2D eigenvalue weighted by Crippen LogP contribution is -2.46. The van der Waals surface area contributed by atoms with Crippen molar-refractivity contribution in [3.8, 4) is 0 Å². The molecule has 136 valence electrons. The second-order valence-electron chi connectivity index (χ2n) is 6.38. The summed E-state index contributed by atoms with van der Waals surface area (Å²) in [6.07, 6.45) is 1.15. The van der Waals surface area contributed by atoms with Crippen molar-refractivity contribution >= 4 is 27.6 Å². The number of nitrogens with zero attached hydrogens (tertiary/aromatic N) is 2. The number of benzene rings is 1. The van der Waals surface area contributed by atoms with Crippen molar-refractivity contribution in [3.05, 3.63) is 34.9 Å². The zero-order chi connectivity index (χ0) is 18.4. The van der Waals surface area contributed by atoms with Crippen molar-refractivity contribution < 1.29 is 8.42 Å². The van der Waals surface area contributed by atoms with Crippen LogP contribution >= 0.6 is 11.6 Å². The van der Waals surface area contributed by atoms with Gasteiger partial charge in [0.05, 0.1) is 12.8 Å². The van der Waals surface area contributed by atoms with Crippen molar-refractivity contribution in [1.82, 2.24) is 14.9 Å². The molecule has 24 heavy (non-hydrogen) atoms. The van der Waals surface area contributed by atoms with Crippen molar-refractivity contribution in [2.75, 3.05) is 26.4 Å². The fourth-order valence-electron chi connectivity index (χ4n) is 2.23. The average molecular weight is 375 g/mol. The predicted molar refractivity (Wildman–Crippen MR) is 101 cm³/mol. The molecular formula is C16H27ClN4O2S. The molecule has 0 spiro atoms. The van der Waals surface area contributed by atoms with E-state index in [-0.39, 0.29) is 0 Å². The Balaban J connectivity index is 2.86. The number of aliphatic imine (C=N–C) groups is 1. The Labute approximate surface area is 150 Å². The van der Waals surface area contributed by atoms with Crippen molar-refractivity contribution in [3.63, 3.8) is 0 Å². The zero-order valence-corrected chi connectivity index (χ0v) is 16.5. The van der Waals surface area contributed by atoms with Gasteiger partial charge in [-0.25, -0.2) is 13.1 Å². The quantitative estimate of drug-likeness (QED) is 0.566. The lowest BCUT2D eigenvalue weighted by Gasteiger charge is -2.26. The van der Waals surface area contributed by atoms with E-state index >= 15 is 0 Å². The maximum absolute atomic E-state index is 11.4. The zero-order valence-electron chi connectivity index (χ0n) is 14.9. The first-order valence-corrected chi connectivity index (χ1v) is 10.0. The summed E-state index contributed by atoms with van der Waals surface area (Å²) < 4.78 is 25.4. The second kappa shape index (κ2) is 8.69. The molecule has 0 bridgehead atoms. The summed E-state index contributed by atoms with van der Waals surface area (Å²) in [4.78, 5) is 6.52. The van der Waals surface area contributed by atoms with E-state index in [4.69, 9.17) is 11.6 Å². The third-order valence-corrected chi connectivity index (χ3v) is 4.44. The summed E-state index contributed by atoms with van der Waals surface area (Å²) in [5, 5.41) is 3.92. The molecule has 1 aromatic rings. The molecule has 1 rings (SSSR count). The topological polar surface area (TPSA) is 73.8 Å². The van der Waals surface area contributed by atoms with Gasteiger partial charge in [0.25, 0.3) is 0 Å². The van der Waals surface area contributed by atoms with E-state index in [1.165, 1.54) is 0 Å². The highest BCUT2D eigenvalue weighted by Gasteiger charge is 2.22. The first kappa shape index (κ1) is 20.7. The van der Waals surface area contributed by atoms with Gasteiger partial charge in [0.2, 0.25) is 10.0 Å². The van der Waals surface area contributed by atoms with Crippen LogP contribution in [0.4, 0.5) is 0 Å². The predicted octanol–water partition coefficient (Wildman–Crippen LogP) is 2.07. The van der Waals surface area contributed by atoms with Gasteiger partial charge in [0.1, 0.15) is 0 Å². The number of guanidine groups is 1. The molecule has 2 N–H and O–H groups in total. The van der Waals surface area contributed by atoms with Gasteiger partial charge in [0, 0.05) is 30.7 Å². The highest BCUT2D eigenvalue weighted by molar-refractivity contribution is 7.88. The third kappa shape index (κ3) is 7.51. The summed E-state index contributed by atoms with van der Waals surface area (Å²) in [5.74, 6) is 0.695.